The van der Waals surface area contributed by atoms with Crippen LogP contribution in [0, 0.1) is 6.92 Å². The smallest absolute Gasteiger partial charge is 0.262 e. The van der Waals surface area contributed by atoms with Crippen LogP contribution in [-0.2, 0) is 0 Å². The van der Waals surface area contributed by atoms with Crippen LogP contribution in [0.15, 0.2) is 15.4 Å². The van der Waals surface area contributed by atoms with Crippen LogP contribution in [0.5, 0.6) is 0 Å². The molecule has 0 spiro atoms. The topological polar surface area (TPSA) is 102 Å². The normalized spacial score (nSPS) is 25.1. The lowest BCUT2D eigenvalue weighted by Crippen LogP contribution is -2.28. The van der Waals surface area contributed by atoms with Crippen molar-refractivity contribution >= 4 is 11.0 Å². The molecule has 3 heterocycles. The summed E-state index contributed by atoms with van der Waals surface area (Å²) in [7, 11) is 0. The summed E-state index contributed by atoms with van der Waals surface area (Å²) in [6.45, 7) is 1.74. The number of halogens is 2. The summed E-state index contributed by atoms with van der Waals surface area (Å²) in [6.07, 6.45) is 3.50. The largest absolute Gasteiger partial charge is 0.425 e. The Labute approximate surface area is 158 Å². The summed E-state index contributed by atoms with van der Waals surface area (Å²) in [4.78, 5) is 20.1. The minimum absolute atomic E-state index is 0.0176. The minimum atomic E-state index is -2.61. The van der Waals surface area contributed by atoms with Crippen molar-refractivity contribution in [3.05, 3.63) is 34.2 Å². The molecular weight excluding hydrogens is 370 g/mol. The molecule has 2 saturated carbocycles. The quantitative estimate of drug-likeness (QED) is 0.737. The molecule has 2 aliphatic rings. The molecule has 3 aromatic rings. The highest BCUT2D eigenvalue weighted by Gasteiger charge is 2.40. The molecule has 148 valence electrons. The lowest BCUT2D eigenvalue weighted by Gasteiger charge is -2.33. The van der Waals surface area contributed by atoms with Gasteiger partial charge in [0.05, 0.1) is 12.2 Å². The van der Waals surface area contributed by atoms with Gasteiger partial charge in [-0.05, 0) is 25.7 Å². The minimum Gasteiger partial charge on any atom is -0.425 e. The first-order chi connectivity index (χ1) is 13.4. The van der Waals surface area contributed by atoms with Crippen LogP contribution < -0.4 is 5.56 Å². The Hall–Kier alpha value is -2.65. The number of nitrogens with zero attached hydrogens (tertiary/aromatic N) is 5. The van der Waals surface area contributed by atoms with E-state index in [0.29, 0.717) is 41.5 Å². The summed E-state index contributed by atoms with van der Waals surface area (Å²) in [5, 5.41) is 12.7. The number of rotatable bonds is 3. The highest BCUT2D eigenvalue weighted by atomic mass is 19.3. The van der Waals surface area contributed by atoms with Crippen molar-refractivity contribution in [1.29, 1.82) is 0 Å². The van der Waals surface area contributed by atoms with E-state index in [1.54, 1.807) is 11.6 Å². The molecule has 0 aliphatic heterocycles. The molecule has 0 amide bonds. The first-order valence-corrected chi connectivity index (χ1v) is 9.56. The third-order valence-electron chi connectivity index (χ3n) is 6.00. The Bertz CT molecular complexity index is 1080. The zero-order chi connectivity index (χ0) is 19.5. The molecule has 0 saturated heterocycles. The molecule has 2 aliphatic carbocycles. The van der Waals surface area contributed by atoms with Crippen LogP contribution in [0.2, 0.25) is 0 Å². The maximum absolute atomic E-state index is 13.5. The zero-order valence-corrected chi connectivity index (χ0v) is 15.4. The highest BCUT2D eigenvalue weighted by Crippen LogP contribution is 2.47. The van der Waals surface area contributed by atoms with E-state index in [-0.39, 0.29) is 36.3 Å². The van der Waals surface area contributed by atoms with E-state index in [0.717, 1.165) is 12.8 Å². The van der Waals surface area contributed by atoms with Crippen molar-refractivity contribution in [1.82, 2.24) is 29.9 Å². The third kappa shape index (κ3) is 2.82. The monoisotopic (exact) mass is 390 g/mol. The number of aryl methyl sites for hydroxylation is 1. The SMILES string of the molecule is Cc1nnc([C@@H]2CC[C@H]2c2nc3c(cnn3C3CCC(F)(F)CC3)c(=O)[nH]2)o1. The van der Waals surface area contributed by atoms with Gasteiger partial charge in [-0.25, -0.2) is 18.4 Å². The Morgan fingerprint density at radius 1 is 1.18 bits per heavy atom. The molecule has 0 bridgehead atoms. The fraction of sp³-hybridized carbons (Fsp3) is 0.611. The standard InChI is InChI=1S/C18H20F2N6O2/c1-9-24-25-17(28-9)12-3-2-11(12)14-22-15-13(16(27)23-14)8-21-26(15)10-4-6-18(19,20)7-5-10/h8,10-12H,2-7H2,1H3,(H,22,23,27)/t11-,12-/m1/s1. The molecule has 3 aromatic heterocycles. The zero-order valence-electron chi connectivity index (χ0n) is 15.4. The van der Waals surface area contributed by atoms with Gasteiger partial charge >= 0.3 is 0 Å². The van der Waals surface area contributed by atoms with Crippen LogP contribution in [0.3, 0.4) is 0 Å². The molecule has 2 atom stereocenters. The second kappa shape index (κ2) is 6.18. The van der Waals surface area contributed by atoms with E-state index in [4.69, 9.17) is 4.42 Å². The number of nitrogens with one attached hydrogen (secondary N) is 1. The van der Waals surface area contributed by atoms with Gasteiger partial charge in [-0.3, -0.25) is 4.79 Å². The van der Waals surface area contributed by atoms with Gasteiger partial charge in [0.1, 0.15) is 11.2 Å². The van der Waals surface area contributed by atoms with Crippen molar-refractivity contribution in [2.24, 2.45) is 0 Å². The summed E-state index contributed by atoms with van der Waals surface area (Å²) in [6, 6.07) is -0.171. The number of H-pyrrole nitrogens is 1. The van der Waals surface area contributed by atoms with Crippen molar-refractivity contribution in [2.75, 3.05) is 0 Å². The molecule has 10 heteroatoms. The Balaban J connectivity index is 1.49. The molecule has 0 unspecified atom stereocenters. The van der Waals surface area contributed by atoms with Gasteiger partial charge in [-0.15, -0.1) is 10.2 Å². The van der Waals surface area contributed by atoms with Crippen LogP contribution in [-0.4, -0.2) is 35.9 Å². The van der Waals surface area contributed by atoms with Gasteiger partial charge in [-0.1, -0.05) is 0 Å². The van der Waals surface area contributed by atoms with Gasteiger partial charge in [0, 0.05) is 31.6 Å². The van der Waals surface area contributed by atoms with Gasteiger partial charge in [0.25, 0.3) is 5.56 Å². The molecule has 2 fully saturated rings. The Kier molecular flexibility index (Phi) is 3.85. The molecule has 0 aromatic carbocycles. The number of alkyl halides is 2. The highest BCUT2D eigenvalue weighted by molar-refractivity contribution is 5.73. The van der Waals surface area contributed by atoms with Crippen LogP contribution in [0.1, 0.15) is 74.0 Å². The average Bonchev–Trinajstić information content (AvgIpc) is 3.21. The second-order valence-corrected chi connectivity index (χ2v) is 7.81. The number of hydrogen-bond acceptors (Lipinski definition) is 6. The predicted octanol–water partition coefficient (Wildman–Crippen LogP) is 3.22. The fourth-order valence-electron chi connectivity index (χ4n) is 4.25. The van der Waals surface area contributed by atoms with E-state index >= 15 is 0 Å². The van der Waals surface area contributed by atoms with Gasteiger partial charge in [-0.2, -0.15) is 5.10 Å². The molecule has 1 N–H and O–H groups in total. The van der Waals surface area contributed by atoms with E-state index in [1.807, 2.05) is 0 Å². The van der Waals surface area contributed by atoms with E-state index < -0.39 is 5.92 Å². The van der Waals surface area contributed by atoms with Crippen molar-refractivity contribution < 1.29 is 13.2 Å². The molecule has 0 radical (unpaired) electrons. The first kappa shape index (κ1) is 17.4. The lowest BCUT2D eigenvalue weighted by molar-refractivity contribution is -0.0446. The van der Waals surface area contributed by atoms with Crippen LogP contribution in [0.25, 0.3) is 11.0 Å². The number of aromatic nitrogens is 6. The van der Waals surface area contributed by atoms with Crippen LogP contribution >= 0.6 is 0 Å². The Morgan fingerprint density at radius 3 is 2.57 bits per heavy atom. The Morgan fingerprint density at radius 2 is 1.93 bits per heavy atom. The number of hydrogen-bond donors (Lipinski definition) is 1. The summed E-state index contributed by atoms with van der Waals surface area (Å²) < 4.78 is 34.2. The van der Waals surface area contributed by atoms with Crippen molar-refractivity contribution in [3.8, 4) is 0 Å². The van der Waals surface area contributed by atoms with Gasteiger partial charge < -0.3 is 9.40 Å². The predicted molar refractivity (Wildman–Crippen MR) is 94.4 cm³/mol. The molecular formula is C18H20F2N6O2. The maximum atomic E-state index is 13.5. The maximum Gasteiger partial charge on any atom is 0.262 e. The molecule has 5 rings (SSSR count). The summed E-state index contributed by atoms with van der Waals surface area (Å²) in [5.74, 6) is -0.990. The van der Waals surface area contributed by atoms with E-state index in [2.05, 4.69) is 25.3 Å². The number of aromatic amines is 1. The summed E-state index contributed by atoms with van der Waals surface area (Å²) >= 11 is 0. The second-order valence-electron chi connectivity index (χ2n) is 7.81. The van der Waals surface area contributed by atoms with Gasteiger partial charge in [0.15, 0.2) is 5.65 Å². The number of fused-ring (bicyclic) bond motifs is 1. The summed E-state index contributed by atoms with van der Waals surface area (Å²) in [5.41, 5.74) is 0.195. The van der Waals surface area contributed by atoms with Gasteiger partial charge in [0.2, 0.25) is 17.7 Å². The average molecular weight is 390 g/mol. The molecule has 8 nitrogen and oxygen atoms in total. The van der Waals surface area contributed by atoms with E-state index in [1.165, 1.54) is 6.20 Å². The molecule has 28 heavy (non-hydrogen) atoms. The fourth-order valence-corrected chi connectivity index (χ4v) is 4.25. The lowest BCUT2D eigenvalue weighted by atomic mass is 9.73. The first-order valence-electron chi connectivity index (χ1n) is 9.56. The van der Waals surface area contributed by atoms with Crippen LogP contribution in [0.4, 0.5) is 8.78 Å². The van der Waals surface area contributed by atoms with Crippen molar-refractivity contribution in [2.45, 2.75) is 69.2 Å². The van der Waals surface area contributed by atoms with E-state index in [9.17, 15) is 13.6 Å². The van der Waals surface area contributed by atoms with Crippen molar-refractivity contribution in [3.63, 3.8) is 0 Å². The third-order valence-corrected chi connectivity index (χ3v) is 6.00.